The van der Waals surface area contributed by atoms with Crippen LogP contribution in [0.15, 0.2) is 60.7 Å². The van der Waals surface area contributed by atoms with Crippen LogP contribution in [0.5, 0.6) is 0 Å². The smallest absolute Gasteiger partial charge is 0.270 e. The molecule has 0 radical (unpaired) electrons. The average molecular weight is 543 g/mol. The van der Waals surface area contributed by atoms with E-state index in [2.05, 4.69) is 0 Å². The molecule has 35 heavy (non-hydrogen) atoms. The second-order valence-electron chi connectivity index (χ2n) is 7.77. The molecule has 0 bridgehead atoms. The second-order valence-corrected chi connectivity index (χ2v) is 8.96. The number of allylic oxidation sites excluding steroid dienone is 1. The summed E-state index contributed by atoms with van der Waals surface area (Å²) < 4.78 is 55.9. The van der Waals surface area contributed by atoms with Crippen LogP contribution >= 0.6 is 34.8 Å². The van der Waals surface area contributed by atoms with Crippen molar-refractivity contribution in [1.82, 2.24) is 4.90 Å². The van der Waals surface area contributed by atoms with Crippen LogP contribution in [0.25, 0.3) is 6.08 Å². The summed E-state index contributed by atoms with van der Waals surface area (Å²) in [5.41, 5.74) is 0.432. The molecule has 0 N–H and O–H groups in total. The minimum absolute atomic E-state index is 0.0419. The highest BCUT2D eigenvalue weighted by Gasteiger charge is 2.39. The maximum absolute atomic E-state index is 14.8. The number of amides is 2. The topological polar surface area (TPSA) is 37.4 Å². The molecule has 2 amide bonds. The first-order valence-corrected chi connectivity index (χ1v) is 11.2. The van der Waals surface area contributed by atoms with Gasteiger partial charge in [0.25, 0.3) is 11.8 Å². The SMILES string of the molecule is O=C1c2ccccc2C(=O)N1Cc1ccc(/C=C/C(c2cc(Cl)c(Cl)c(Cl)c2)C(F)(F)F)cc1F. The van der Waals surface area contributed by atoms with E-state index in [1.807, 2.05) is 0 Å². The van der Waals surface area contributed by atoms with Gasteiger partial charge in [0.1, 0.15) is 5.82 Å². The van der Waals surface area contributed by atoms with Gasteiger partial charge in [-0.25, -0.2) is 4.39 Å². The Bertz CT molecular complexity index is 1310. The van der Waals surface area contributed by atoms with Crippen LogP contribution < -0.4 is 0 Å². The summed E-state index contributed by atoms with van der Waals surface area (Å²) in [6, 6.07) is 12.1. The molecule has 1 unspecified atom stereocenters. The van der Waals surface area contributed by atoms with Gasteiger partial charge in [0.05, 0.1) is 38.7 Å². The van der Waals surface area contributed by atoms with Gasteiger partial charge in [0.15, 0.2) is 0 Å². The van der Waals surface area contributed by atoms with Gasteiger partial charge in [-0.2, -0.15) is 13.2 Å². The summed E-state index contributed by atoms with van der Waals surface area (Å²) in [5, 5.41) is -0.307. The molecule has 4 rings (SSSR count). The fourth-order valence-electron chi connectivity index (χ4n) is 3.72. The molecule has 1 atom stereocenters. The first-order chi connectivity index (χ1) is 16.5. The molecule has 1 aliphatic heterocycles. The number of carbonyl (C=O) groups is 2. The van der Waals surface area contributed by atoms with E-state index < -0.39 is 29.7 Å². The fourth-order valence-corrected chi connectivity index (χ4v) is 4.33. The zero-order valence-corrected chi connectivity index (χ0v) is 19.8. The normalized spacial score (nSPS) is 14.7. The Kier molecular flexibility index (Phi) is 6.95. The average Bonchev–Trinajstić information content (AvgIpc) is 3.03. The molecule has 0 spiro atoms. The van der Waals surface area contributed by atoms with Crippen molar-refractivity contribution in [3.63, 3.8) is 0 Å². The Morgan fingerprint density at radius 1 is 0.886 bits per heavy atom. The number of halogens is 7. The van der Waals surface area contributed by atoms with E-state index in [1.54, 1.807) is 12.1 Å². The van der Waals surface area contributed by atoms with E-state index in [0.717, 1.165) is 35.3 Å². The Labute approximate surface area is 212 Å². The Balaban J connectivity index is 1.57. The third-order valence-corrected chi connectivity index (χ3v) is 6.68. The Hall–Kier alpha value is -2.87. The number of alkyl halides is 3. The maximum atomic E-state index is 14.8. The van der Waals surface area contributed by atoms with E-state index in [4.69, 9.17) is 34.8 Å². The lowest BCUT2D eigenvalue weighted by atomic mass is 9.97. The van der Waals surface area contributed by atoms with E-state index >= 15 is 0 Å². The van der Waals surface area contributed by atoms with Crippen molar-refractivity contribution in [2.45, 2.75) is 18.6 Å². The van der Waals surface area contributed by atoms with Crippen LogP contribution in [-0.4, -0.2) is 22.9 Å². The zero-order chi connectivity index (χ0) is 25.5. The Morgan fingerprint density at radius 3 is 1.97 bits per heavy atom. The van der Waals surface area contributed by atoms with Gasteiger partial charge in [0, 0.05) is 5.56 Å². The molecule has 0 aromatic heterocycles. The molecule has 0 fully saturated rings. The third-order valence-electron chi connectivity index (χ3n) is 5.48. The van der Waals surface area contributed by atoms with Crippen molar-refractivity contribution in [2.75, 3.05) is 0 Å². The molecular weight excluding hydrogens is 529 g/mol. The van der Waals surface area contributed by atoms with Crippen molar-refractivity contribution < 1.29 is 27.2 Å². The number of carbonyl (C=O) groups excluding carboxylic acids is 2. The third kappa shape index (κ3) is 5.08. The number of nitrogens with zero attached hydrogens (tertiary/aromatic N) is 1. The minimum Gasteiger partial charge on any atom is -0.270 e. The molecule has 3 aromatic carbocycles. The van der Waals surface area contributed by atoms with E-state index in [0.29, 0.717) is 0 Å². The highest BCUT2D eigenvalue weighted by molar-refractivity contribution is 6.48. The summed E-state index contributed by atoms with van der Waals surface area (Å²) in [6.45, 7) is -0.310. The standard InChI is InChI=1S/C25H14Cl3F4NO2/c26-19-10-15(11-20(27)22(19)28)18(25(30,31)32)8-6-13-5-7-14(21(29)9-13)12-33-23(34)16-3-1-2-4-17(16)24(33)35/h1-11,18H,12H2/b8-6+. The van der Waals surface area contributed by atoms with Crippen molar-refractivity contribution in [3.05, 3.63) is 109 Å². The highest BCUT2D eigenvalue weighted by atomic mass is 35.5. The maximum Gasteiger partial charge on any atom is 0.399 e. The first kappa shape index (κ1) is 25.2. The van der Waals surface area contributed by atoms with E-state index in [-0.39, 0.29) is 49.4 Å². The Morgan fingerprint density at radius 2 is 1.46 bits per heavy atom. The second kappa shape index (κ2) is 9.64. The molecule has 3 nitrogen and oxygen atoms in total. The molecule has 0 saturated carbocycles. The minimum atomic E-state index is -4.68. The van der Waals surface area contributed by atoms with Gasteiger partial charge >= 0.3 is 6.18 Å². The predicted molar refractivity (Wildman–Crippen MR) is 126 cm³/mol. The van der Waals surface area contributed by atoms with E-state index in [9.17, 15) is 27.2 Å². The molecule has 3 aromatic rings. The molecule has 1 heterocycles. The van der Waals surface area contributed by atoms with Crippen molar-refractivity contribution in [2.24, 2.45) is 0 Å². The van der Waals surface area contributed by atoms with Gasteiger partial charge in [-0.15, -0.1) is 0 Å². The van der Waals surface area contributed by atoms with Crippen molar-refractivity contribution in [1.29, 1.82) is 0 Å². The number of rotatable bonds is 5. The monoisotopic (exact) mass is 541 g/mol. The summed E-state index contributed by atoms with van der Waals surface area (Å²) in [7, 11) is 0. The summed E-state index contributed by atoms with van der Waals surface area (Å²) in [4.78, 5) is 25.9. The number of fused-ring (bicyclic) bond motifs is 1. The van der Waals surface area contributed by atoms with Crippen LogP contribution in [-0.2, 0) is 6.54 Å². The molecule has 1 aliphatic rings. The number of benzene rings is 3. The van der Waals surface area contributed by atoms with Gasteiger partial charge < -0.3 is 0 Å². The first-order valence-electron chi connectivity index (χ1n) is 10.1. The van der Waals surface area contributed by atoms with Crippen LogP contribution in [0.2, 0.25) is 15.1 Å². The molecular formula is C25H14Cl3F4NO2. The van der Waals surface area contributed by atoms with Crippen LogP contribution in [0.1, 0.15) is 43.3 Å². The number of hydrogen-bond donors (Lipinski definition) is 0. The largest absolute Gasteiger partial charge is 0.399 e. The number of imide groups is 1. The lowest BCUT2D eigenvalue weighted by Gasteiger charge is -2.18. The summed E-state index contributed by atoms with van der Waals surface area (Å²) in [5.74, 6) is -3.93. The fraction of sp³-hybridized carbons (Fsp3) is 0.120. The van der Waals surface area contributed by atoms with Gasteiger partial charge in [-0.3, -0.25) is 14.5 Å². The molecule has 0 aliphatic carbocycles. The van der Waals surface area contributed by atoms with Gasteiger partial charge in [-0.1, -0.05) is 71.2 Å². The zero-order valence-electron chi connectivity index (χ0n) is 17.5. The molecule has 180 valence electrons. The van der Waals surface area contributed by atoms with Crippen LogP contribution in [0, 0.1) is 5.82 Å². The quantitative estimate of drug-likeness (QED) is 0.186. The molecule has 10 heteroatoms. The van der Waals surface area contributed by atoms with Crippen molar-refractivity contribution in [3.8, 4) is 0 Å². The molecule has 0 saturated heterocycles. The van der Waals surface area contributed by atoms with Gasteiger partial charge in [-0.05, 0) is 41.5 Å². The summed E-state index contributed by atoms with van der Waals surface area (Å²) in [6.07, 6.45) is -2.71. The summed E-state index contributed by atoms with van der Waals surface area (Å²) >= 11 is 17.6. The highest BCUT2D eigenvalue weighted by Crippen LogP contribution is 2.41. The number of hydrogen-bond acceptors (Lipinski definition) is 2. The van der Waals surface area contributed by atoms with Crippen LogP contribution in [0.3, 0.4) is 0 Å². The predicted octanol–water partition coefficient (Wildman–Crippen LogP) is 7.94. The lowest BCUT2D eigenvalue weighted by Crippen LogP contribution is -2.29. The lowest BCUT2D eigenvalue weighted by molar-refractivity contribution is -0.139. The van der Waals surface area contributed by atoms with Crippen LogP contribution in [0.4, 0.5) is 17.6 Å². The van der Waals surface area contributed by atoms with Gasteiger partial charge in [0.2, 0.25) is 0 Å². The van der Waals surface area contributed by atoms with E-state index in [1.165, 1.54) is 24.3 Å². The van der Waals surface area contributed by atoms with Crippen molar-refractivity contribution >= 4 is 52.7 Å².